The topological polar surface area (TPSA) is 49.4 Å². The van der Waals surface area contributed by atoms with Crippen molar-refractivity contribution in [2.24, 2.45) is 0 Å². The Labute approximate surface area is 183 Å². The molecule has 0 unspecified atom stereocenters. The predicted octanol–water partition coefficient (Wildman–Crippen LogP) is 5.26. The molecule has 0 aliphatic heterocycles. The number of carbonyl (C=O) groups is 2. The first-order valence-electron chi connectivity index (χ1n) is 10.0. The van der Waals surface area contributed by atoms with E-state index < -0.39 is 6.04 Å². The Balaban J connectivity index is 2.25. The van der Waals surface area contributed by atoms with Gasteiger partial charge in [0.15, 0.2) is 0 Å². The van der Waals surface area contributed by atoms with E-state index in [0.29, 0.717) is 29.6 Å². The molecule has 0 saturated heterocycles. The van der Waals surface area contributed by atoms with E-state index in [9.17, 15) is 9.59 Å². The van der Waals surface area contributed by atoms with Gasteiger partial charge >= 0.3 is 0 Å². The number of halogens is 2. The summed E-state index contributed by atoms with van der Waals surface area (Å²) < 4.78 is 0. The molecule has 156 valence electrons. The molecule has 0 heterocycles. The van der Waals surface area contributed by atoms with E-state index in [1.54, 1.807) is 17.0 Å². The number of carbonyl (C=O) groups excluding carboxylic acids is 2. The molecule has 2 rings (SSSR count). The highest BCUT2D eigenvalue weighted by atomic mass is 35.5. The van der Waals surface area contributed by atoms with Crippen molar-refractivity contribution in [3.8, 4) is 0 Å². The largest absolute Gasteiger partial charge is 0.354 e. The van der Waals surface area contributed by atoms with E-state index in [0.717, 1.165) is 24.0 Å². The van der Waals surface area contributed by atoms with Gasteiger partial charge in [0.25, 0.3) is 0 Å². The summed E-state index contributed by atoms with van der Waals surface area (Å²) in [7, 11) is 0. The SMILES string of the molecule is CCCCNC(=O)[C@@H](CC)N(Cc1ccc(Cl)c(Cl)c1)C(=O)Cc1ccccc1. The first-order chi connectivity index (χ1) is 14.0. The van der Waals surface area contributed by atoms with Crippen LogP contribution in [0.5, 0.6) is 0 Å². The smallest absolute Gasteiger partial charge is 0.242 e. The second kappa shape index (κ2) is 11.8. The lowest BCUT2D eigenvalue weighted by molar-refractivity contribution is -0.140. The van der Waals surface area contributed by atoms with E-state index in [-0.39, 0.29) is 18.2 Å². The molecule has 0 saturated carbocycles. The number of rotatable bonds is 10. The first-order valence-corrected chi connectivity index (χ1v) is 10.8. The van der Waals surface area contributed by atoms with Crippen LogP contribution in [0.15, 0.2) is 48.5 Å². The molecule has 1 atom stereocenters. The first kappa shape index (κ1) is 23.2. The van der Waals surface area contributed by atoms with Crippen molar-refractivity contribution in [1.29, 1.82) is 0 Å². The van der Waals surface area contributed by atoms with Gasteiger partial charge in [-0.25, -0.2) is 0 Å². The zero-order valence-corrected chi connectivity index (χ0v) is 18.5. The molecule has 1 N–H and O–H groups in total. The summed E-state index contributed by atoms with van der Waals surface area (Å²) in [6.07, 6.45) is 2.67. The summed E-state index contributed by atoms with van der Waals surface area (Å²) in [5, 5.41) is 3.85. The summed E-state index contributed by atoms with van der Waals surface area (Å²) in [6.45, 7) is 4.90. The van der Waals surface area contributed by atoms with Gasteiger partial charge in [0.05, 0.1) is 16.5 Å². The molecular weight excluding hydrogens is 407 g/mol. The number of nitrogens with one attached hydrogen (secondary N) is 1. The summed E-state index contributed by atoms with van der Waals surface area (Å²) in [4.78, 5) is 27.6. The minimum absolute atomic E-state index is 0.0974. The van der Waals surface area contributed by atoms with Gasteiger partial charge in [0.1, 0.15) is 6.04 Å². The minimum Gasteiger partial charge on any atom is -0.354 e. The Bertz CT molecular complexity index is 812. The van der Waals surface area contributed by atoms with Crippen molar-refractivity contribution >= 4 is 35.0 Å². The van der Waals surface area contributed by atoms with Crippen molar-refractivity contribution in [2.75, 3.05) is 6.54 Å². The quantitative estimate of drug-likeness (QED) is 0.518. The van der Waals surface area contributed by atoms with Crippen LogP contribution in [0, 0.1) is 0 Å². The third-order valence-electron chi connectivity index (χ3n) is 4.75. The minimum atomic E-state index is -0.544. The molecular formula is C23H28Cl2N2O2. The molecule has 0 aliphatic rings. The fourth-order valence-corrected chi connectivity index (χ4v) is 3.45. The van der Waals surface area contributed by atoms with Crippen molar-refractivity contribution in [2.45, 2.75) is 52.1 Å². The predicted molar refractivity (Wildman–Crippen MR) is 119 cm³/mol. The monoisotopic (exact) mass is 434 g/mol. The third kappa shape index (κ3) is 7.06. The molecule has 0 fully saturated rings. The normalized spacial score (nSPS) is 11.7. The molecule has 2 amide bonds. The molecule has 2 aromatic rings. The lowest BCUT2D eigenvalue weighted by Gasteiger charge is -2.31. The number of unbranched alkanes of at least 4 members (excludes halogenated alkanes) is 1. The molecule has 2 aromatic carbocycles. The molecule has 0 bridgehead atoms. The Morgan fingerprint density at radius 3 is 2.34 bits per heavy atom. The lowest BCUT2D eigenvalue weighted by atomic mass is 10.1. The fourth-order valence-electron chi connectivity index (χ4n) is 3.13. The van der Waals surface area contributed by atoms with Crippen LogP contribution < -0.4 is 5.32 Å². The number of hydrogen-bond donors (Lipinski definition) is 1. The van der Waals surface area contributed by atoms with Gasteiger partial charge in [-0.2, -0.15) is 0 Å². The Kier molecular flexibility index (Phi) is 9.49. The van der Waals surface area contributed by atoms with E-state index >= 15 is 0 Å². The van der Waals surface area contributed by atoms with Crippen molar-refractivity contribution in [3.63, 3.8) is 0 Å². The average molecular weight is 435 g/mol. The van der Waals surface area contributed by atoms with Crippen LogP contribution in [0.3, 0.4) is 0 Å². The summed E-state index contributed by atoms with van der Waals surface area (Å²) in [5.74, 6) is -0.220. The van der Waals surface area contributed by atoms with E-state index in [1.165, 1.54) is 0 Å². The van der Waals surface area contributed by atoms with Crippen molar-refractivity contribution in [3.05, 3.63) is 69.7 Å². The van der Waals surface area contributed by atoms with Gasteiger partial charge in [-0.3, -0.25) is 9.59 Å². The number of nitrogens with zero attached hydrogens (tertiary/aromatic N) is 1. The van der Waals surface area contributed by atoms with Crippen LogP contribution >= 0.6 is 23.2 Å². The van der Waals surface area contributed by atoms with Gasteiger partial charge in [-0.15, -0.1) is 0 Å². The second-order valence-electron chi connectivity index (χ2n) is 7.00. The zero-order valence-electron chi connectivity index (χ0n) is 17.0. The summed E-state index contributed by atoms with van der Waals surface area (Å²) >= 11 is 12.2. The molecule has 0 aromatic heterocycles. The molecule has 0 radical (unpaired) electrons. The van der Waals surface area contributed by atoms with E-state index in [2.05, 4.69) is 12.2 Å². The molecule has 6 heteroatoms. The van der Waals surface area contributed by atoms with Crippen LogP contribution in [-0.4, -0.2) is 29.3 Å². The fraction of sp³-hybridized carbons (Fsp3) is 0.391. The maximum Gasteiger partial charge on any atom is 0.242 e. The van der Waals surface area contributed by atoms with Gasteiger partial charge in [-0.1, -0.05) is 79.9 Å². The third-order valence-corrected chi connectivity index (χ3v) is 5.49. The highest BCUT2D eigenvalue weighted by molar-refractivity contribution is 6.42. The Morgan fingerprint density at radius 2 is 1.72 bits per heavy atom. The van der Waals surface area contributed by atoms with Crippen LogP contribution in [0.2, 0.25) is 10.0 Å². The van der Waals surface area contributed by atoms with Gasteiger partial charge < -0.3 is 10.2 Å². The van der Waals surface area contributed by atoms with Crippen LogP contribution in [0.25, 0.3) is 0 Å². The van der Waals surface area contributed by atoms with Crippen molar-refractivity contribution < 1.29 is 9.59 Å². The lowest BCUT2D eigenvalue weighted by Crippen LogP contribution is -2.49. The van der Waals surface area contributed by atoms with Gasteiger partial charge in [0.2, 0.25) is 11.8 Å². The average Bonchev–Trinajstić information content (AvgIpc) is 2.71. The molecule has 0 spiro atoms. The van der Waals surface area contributed by atoms with E-state index in [4.69, 9.17) is 23.2 Å². The maximum atomic E-state index is 13.2. The highest BCUT2D eigenvalue weighted by Gasteiger charge is 2.28. The van der Waals surface area contributed by atoms with Crippen LogP contribution in [-0.2, 0) is 22.6 Å². The van der Waals surface area contributed by atoms with Gasteiger partial charge in [-0.05, 0) is 36.1 Å². The molecule has 0 aliphatic carbocycles. The second-order valence-corrected chi connectivity index (χ2v) is 7.82. The molecule has 4 nitrogen and oxygen atoms in total. The Hall–Kier alpha value is -2.04. The number of benzene rings is 2. The summed E-state index contributed by atoms with van der Waals surface area (Å²) in [5.41, 5.74) is 1.75. The summed E-state index contributed by atoms with van der Waals surface area (Å²) in [6, 6.07) is 14.3. The van der Waals surface area contributed by atoms with Gasteiger partial charge in [0, 0.05) is 13.1 Å². The van der Waals surface area contributed by atoms with E-state index in [1.807, 2.05) is 43.3 Å². The zero-order chi connectivity index (χ0) is 21.2. The Morgan fingerprint density at radius 1 is 1.00 bits per heavy atom. The number of hydrogen-bond acceptors (Lipinski definition) is 2. The maximum absolute atomic E-state index is 13.2. The molecule has 29 heavy (non-hydrogen) atoms. The van der Waals surface area contributed by atoms with Crippen LogP contribution in [0.1, 0.15) is 44.2 Å². The number of amides is 2. The standard InChI is InChI=1S/C23H28Cl2N2O2/c1-3-5-13-26-23(29)21(4-2)27(16-18-11-12-19(24)20(25)14-18)22(28)15-17-9-7-6-8-10-17/h6-12,14,21H,3-5,13,15-16H2,1-2H3,(H,26,29)/t21-/m1/s1. The van der Waals surface area contributed by atoms with Crippen molar-refractivity contribution in [1.82, 2.24) is 10.2 Å². The van der Waals surface area contributed by atoms with Crippen LogP contribution in [0.4, 0.5) is 0 Å². The highest BCUT2D eigenvalue weighted by Crippen LogP contribution is 2.24.